The van der Waals surface area contributed by atoms with Crippen molar-refractivity contribution >= 4 is 34.8 Å². The van der Waals surface area contributed by atoms with E-state index in [0.29, 0.717) is 40.9 Å². The standard InChI is InChI=1S/C24H31NO6S/c1-14-12-18-20(15-8-6-7-9-16(15)21(26)29-18)19(13-14)30-22(27)17(10-11-32-5)25-23(28)31-24(2,3)4/h12-13,17H,6-11H2,1-5H3,(H,25,28). The molecule has 1 aliphatic carbocycles. The Labute approximate surface area is 192 Å². The number of esters is 1. The van der Waals surface area contributed by atoms with E-state index in [-0.39, 0.29) is 5.63 Å². The van der Waals surface area contributed by atoms with E-state index < -0.39 is 23.7 Å². The van der Waals surface area contributed by atoms with Gasteiger partial charge < -0.3 is 19.2 Å². The third-order valence-electron chi connectivity index (χ3n) is 5.23. The van der Waals surface area contributed by atoms with Crippen molar-refractivity contribution in [3.63, 3.8) is 0 Å². The fraction of sp³-hybridized carbons (Fsp3) is 0.542. The van der Waals surface area contributed by atoms with E-state index in [1.165, 1.54) is 0 Å². The van der Waals surface area contributed by atoms with Gasteiger partial charge >= 0.3 is 17.7 Å². The maximum atomic E-state index is 13.1. The van der Waals surface area contributed by atoms with Gasteiger partial charge in [-0.05, 0) is 95.1 Å². The van der Waals surface area contributed by atoms with Crippen LogP contribution in [0.25, 0.3) is 11.0 Å². The summed E-state index contributed by atoms with van der Waals surface area (Å²) in [5, 5.41) is 3.31. The highest BCUT2D eigenvalue weighted by molar-refractivity contribution is 7.98. The second-order valence-corrected chi connectivity index (χ2v) is 10.1. The van der Waals surface area contributed by atoms with E-state index in [2.05, 4.69) is 5.32 Å². The first-order valence-corrected chi connectivity index (χ1v) is 12.3. The summed E-state index contributed by atoms with van der Waals surface area (Å²) in [4.78, 5) is 37.8. The topological polar surface area (TPSA) is 94.8 Å². The normalized spacial score (nSPS) is 14.5. The van der Waals surface area contributed by atoms with Gasteiger partial charge in [0.25, 0.3) is 0 Å². The first-order chi connectivity index (χ1) is 15.1. The minimum Gasteiger partial charge on any atom is -0.444 e. The lowest BCUT2D eigenvalue weighted by Gasteiger charge is -2.23. The van der Waals surface area contributed by atoms with Crippen molar-refractivity contribution in [1.82, 2.24) is 5.32 Å². The van der Waals surface area contributed by atoms with Crippen LogP contribution in [0.1, 0.15) is 56.7 Å². The van der Waals surface area contributed by atoms with E-state index in [1.807, 2.05) is 13.2 Å². The van der Waals surface area contributed by atoms with Crippen LogP contribution in [0.5, 0.6) is 5.75 Å². The largest absolute Gasteiger partial charge is 0.444 e. The van der Waals surface area contributed by atoms with Crippen LogP contribution in [0, 0.1) is 6.92 Å². The third-order valence-corrected chi connectivity index (χ3v) is 5.87. The molecule has 7 nitrogen and oxygen atoms in total. The lowest BCUT2D eigenvalue weighted by atomic mass is 9.90. The molecule has 0 bridgehead atoms. The van der Waals surface area contributed by atoms with Gasteiger partial charge in [0.1, 0.15) is 23.0 Å². The summed E-state index contributed by atoms with van der Waals surface area (Å²) in [6.07, 6.45) is 4.94. The molecule has 1 aliphatic rings. The van der Waals surface area contributed by atoms with Crippen molar-refractivity contribution in [3.8, 4) is 5.75 Å². The molecule has 1 aromatic carbocycles. The highest BCUT2D eigenvalue weighted by atomic mass is 32.2. The lowest BCUT2D eigenvalue weighted by Crippen LogP contribution is -2.45. The molecule has 2 aromatic rings. The van der Waals surface area contributed by atoms with Gasteiger partial charge in [-0.15, -0.1) is 0 Å². The van der Waals surface area contributed by atoms with Crippen molar-refractivity contribution in [1.29, 1.82) is 0 Å². The molecule has 32 heavy (non-hydrogen) atoms. The Morgan fingerprint density at radius 2 is 1.88 bits per heavy atom. The van der Waals surface area contributed by atoms with Crippen molar-refractivity contribution in [3.05, 3.63) is 39.2 Å². The summed E-state index contributed by atoms with van der Waals surface area (Å²) >= 11 is 1.57. The monoisotopic (exact) mass is 461 g/mol. The zero-order valence-electron chi connectivity index (χ0n) is 19.3. The number of benzene rings is 1. The molecule has 1 heterocycles. The number of thioether (sulfide) groups is 1. The summed E-state index contributed by atoms with van der Waals surface area (Å²) in [6.45, 7) is 7.13. The van der Waals surface area contributed by atoms with Crippen LogP contribution in [0.2, 0.25) is 0 Å². The average Bonchev–Trinajstić information content (AvgIpc) is 2.69. The lowest BCUT2D eigenvalue weighted by molar-refractivity contribution is -0.136. The van der Waals surface area contributed by atoms with Crippen LogP contribution < -0.4 is 15.7 Å². The molecule has 1 amide bonds. The van der Waals surface area contributed by atoms with Crippen LogP contribution >= 0.6 is 11.8 Å². The van der Waals surface area contributed by atoms with Gasteiger partial charge in [-0.3, -0.25) is 0 Å². The Hall–Kier alpha value is -2.48. The van der Waals surface area contributed by atoms with E-state index in [0.717, 1.165) is 30.4 Å². The molecule has 0 saturated heterocycles. The minimum absolute atomic E-state index is 0.320. The van der Waals surface area contributed by atoms with Gasteiger partial charge in [0.15, 0.2) is 0 Å². The second kappa shape index (κ2) is 9.98. The maximum Gasteiger partial charge on any atom is 0.408 e. The number of nitrogens with one attached hydrogen (secondary N) is 1. The van der Waals surface area contributed by atoms with Crippen molar-refractivity contribution in [2.24, 2.45) is 0 Å². The molecule has 0 aliphatic heterocycles. The maximum absolute atomic E-state index is 13.1. The van der Waals surface area contributed by atoms with Gasteiger partial charge in [0, 0.05) is 5.56 Å². The molecule has 0 radical (unpaired) electrons. The van der Waals surface area contributed by atoms with E-state index in [9.17, 15) is 14.4 Å². The first kappa shape index (κ1) is 24.2. The van der Waals surface area contributed by atoms with Gasteiger partial charge in [-0.25, -0.2) is 14.4 Å². The second-order valence-electron chi connectivity index (χ2n) is 9.09. The van der Waals surface area contributed by atoms with Crippen molar-refractivity contribution < 1.29 is 23.5 Å². The summed E-state index contributed by atoms with van der Waals surface area (Å²) in [7, 11) is 0. The summed E-state index contributed by atoms with van der Waals surface area (Å²) < 4.78 is 16.7. The predicted octanol–water partition coefficient (Wildman–Crippen LogP) is 4.53. The van der Waals surface area contributed by atoms with Crippen LogP contribution in [-0.4, -0.2) is 35.7 Å². The summed E-state index contributed by atoms with van der Waals surface area (Å²) in [5.41, 5.74) is 1.78. The van der Waals surface area contributed by atoms with Gasteiger partial charge in [0.2, 0.25) is 0 Å². The Bertz CT molecular complexity index is 1070. The number of ether oxygens (including phenoxy) is 2. The fourth-order valence-corrected chi connectivity index (χ4v) is 4.33. The highest BCUT2D eigenvalue weighted by Crippen LogP contribution is 2.34. The number of hydrogen-bond donors (Lipinski definition) is 1. The zero-order chi connectivity index (χ0) is 23.5. The Kier molecular flexibility index (Phi) is 7.54. The average molecular weight is 462 g/mol. The molecular weight excluding hydrogens is 430 g/mol. The highest BCUT2D eigenvalue weighted by Gasteiger charge is 2.28. The molecule has 0 fully saturated rings. The van der Waals surface area contributed by atoms with Crippen LogP contribution in [0.4, 0.5) is 4.79 Å². The van der Waals surface area contributed by atoms with E-state index >= 15 is 0 Å². The van der Waals surface area contributed by atoms with Crippen molar-refractivity contribution in [2.75, 3.05) is 12.0 Å². The molecule has 3 rings (SSSR count). The molecule has 0 spiro atoms. The molecule has 8 heteroatoms. The number of rotatable bonds is 6. The molecule has 1 unspecified atom stereocenters. The number of carbonyl (C=O) groups excluding carboxylic acids is 2. The number of alkyl carbamates (subject to hydrolysis) is 1. The number of fused-ring (bicyclic) bond motifs is 3. The minimum atomic E-state index is -0.862. The molecule has 0 saturated carbocycles. The molecular formula is C24H31NO6S. The van der Waals surface area contributed by atoms with Crippen LogP contribution in [-0.2, 0) is 22.4 Å². The quantitative estimate of drug-likeness (QED) is 0.384. The van der Waals surface area contributed by atoms with Gasteiger partial charge in [-0.1, -0.05) is 0 Å². The van der Waals surface area contributed by atoms with Gasteiger partial charge in [0.05, 0.1) is 5.39 Å². The number of carbonyl (C=O) groups is 2. The van der Waals surface area contributed by atoms with E-state index in [4.69, 9.17) is 13.9 Å². The predicted molar refractivity (Wildman–Crippen MR) is 126 cm³/mol. The summed E-state index contributed by atoms with van der Waals surface area (Å²) in [5.74, 6) is 0.439. The van der Waals surface area contributed by atoms with Crippen LogP contribution in [0.15, 0.2) is 21.3 Å². The number of hydrogen-bond acceptors (Lipinski definition) is 7. The Morgan fingerprint density at radius 3 is 2.53 bits per heavy atom. The number of amides is 1. The SMILES string of the molecule is CSCCC(NC(=O)OC(C)(C)C)C(=O)Oc1cc(C)cc2oc(=O)c3c(c12)CCCC3. The zero-order valence-corrected chi connectivity index (χ0v) is 20.1. The molecule has 1 N–H and O–H groups in total. The fourth-order valence-electron chi connectivity index (χ4n) is 3.86. The van der Waals surface area contributed by atoms with Gasteiger partial charge in [-0.2, -0.15) is 11.8 Å². The molecule has 1 aromatic heterocycles. The summed E-state index contributed by atoms with van der Waals surface area (Å²) in [6, 6.07) is 2.70. The van der Waals surface area contributed by atoms with E-state index in [1.54, 1.807) is 44.7 Å². The number of aryl methyl sites for hydroxylation is 2. The smallest absolute Gasteiger partial charge is 0.408 e. The van der Waals surface area contributed by atoms with Crippen LogP contribution in [0.3, 0.4) is 0 Å². The Morgan fingerprint density at radius 1 is 1.19 bits per heavy atom. The third kappa shape index (κ3) is 5.85. The first-order valence-electron chi connectivity index (χ1n) is 10.9. The Balaban J connectivity index is 1.94. The van der Waals surface area contributed by atoms with Crippen molar-refractivity contribution in [2.45, 2.75) is 71.4 Å². The molecule has 1 atom stereocenters. The molecule has 174 valence electrons.